The van der Waals surface area contributed by atoms with Crippen molar-refractivity contribution in [3.63, 3.8) is 0 Å². The Bertz CT molecular complexity index is 1050. The lowest BCUT2D eigenvalue weighted by Crippen LogP contribution is -2.08. The van der Waals surface area contributed by atoms with E-state index in [0.29, 0.717) is 17.7 Å². The van der Waals surface area contributed by atoms with Crippen LogP contribution < -0.4 is 9.64 Å². The summed E-state index contributed by atoms with van der Waals surface area (Å²) in [6, 6.07) is 22.1. The van der Waals surface area contributed by atoms with Crippen LogP contribution in [0.4, 0.5) is 5.69 Å². The molecule has 0 atom stereocenters. The van der Waals surface area contributed by atoms with Crippen LogP contribution in [0.15, 0.2) is 78.9 Å². The van der Waals surface area contributed by atoms with Crippen LogP contribution in [0.3, 0.4) is 0 Å². The van der Waals surface area contributed by atoms with Gasteiger partial charge in [0.2, 0.25) is 0 Å². The van der Waals surface area contributed by atoms with Crippen molar-refractivity contribution in [2.75, 3.05) is 26.1 Å². The molecule has 0 radical (unpaired) electrons. The fraction of sp³-hybridized carbons (Fsp3) is 0.154. The SMILES string of the molecule is COC(=O)c1ccc(COc2ccc(/C=C/C(=O)c3ccc(N(C)C)cc3)cc2)cc1. The molecule has 0 amide bonds. The number of esters is 1. The van der Waals surface area contributed by atoms with Crippen molar-refractivity contribution in [1.82, 2.24) is 0 Å². The van der Waals surface area contributed by atoms with Crippen molar-refractivity contribution in [3.05, 3.63) is 101 Å². The summed E-state index contributed by atoms with van der Waals surface area (Å²) in [5, 5.41) is 0. The van der Waals surface area contributed by atoms with Crippen molar-refractivity contribution in [3.8, 4) is 5.75 Å². The van der Waals surface area contributed by atoms with Gasteiger partial charge >= 0.3 is 5.97 Å². The third-order valence-corrected chi connectivity index (χ3v) is 4.76. The fourth-order valence-corrected chi connectivity index (χ4v) is 2.89. The summed E-state index contributed by atoms with van der Waals surface area (Å²) in [4.78, 5) is 25.8. The Morgan fingerprint density at radius 2 is 1.45 bits per heavy atom. The molecule has 0 aliphatic carbocycles. The molecular formula is C26H25NO4. The first-order valence-electron chi connectivity index (χ1n) is 9.86. The van der Waals surface area contributed by atoms with E-state index in [1.165, 1.54) is 7.11 Å². The molecule has 0 spiro atoms. The maximum absolute atomic E-state index is 12.4. The van der Waals surface area contributed by atoms with E-state index in [1.807, 2.05) is 79.7 Å². The molecule has 0 heterocycles. The molecule has 0 saturated heterocycles. The van der Waals surface area contributed by atoms with E-state index in [-0.39, 0.29) is 11.8 Å². The second-order valence-corrected chi connectivity index (χ2v) is 7.19. The first-order chi connectivity index (χ1) is 15.0. The van der Waals surface area contributed by atoms with Gasteiger partial charge in [0.25, 0.3) is 0 Å². The van der Waals surface area contributed by atoms with Crippen molar-refractivity contribution in [2.24, 2.45) is 0 Å². The molecule has 3 aromatic rings. The number of benzene rings is 3. The van der Waals surface area contributed by atoms with Crippen LogP contribution >= 0.6 is 0 Å². The smallest absolute Gasteiger partial charge is 0.337 e. The highest BCUT2D eigenvalue weighted by atomic mass is 16.5. The normalized spacial score (nSPS) is 10.7. The lowest BCUT2D eigenvalue weighted by atomic mass is 10.1. The molecule has 0 aliphatic rings. The highest BCUT2D eigenvalue weighted by molar-refractivity contribution is 6.07. The van der Waals surface area contributed by atoms with Gasteiger partial charge in [-0.2, -0.15) is 0 Å². The number of rotatable bonds is 8. The third kappa shape index (κ3) is 6.06. The highest BCUT2D eigenvalue weighted by Gasteiger charge is 2.05. The van der Waals surface area contributed by atoms with Crippen LogP contribution in [-0.4, -0.2) is 33.0 Å². The molecule has 3 aromatic carbocycles. The van der Waals surface area contributed by atoms with Gasteiger partial charge in [-0.15, -0.1) is 0 Å². The zero-order valence-electron chi connectivity index (χ0n) is 17.9. The molecule has 5 nitrogen and oxygen atoms in total. The maximum Gasteiger partial charge on any atom is 0.337 e. The Morgan fingerprint density at radius 3 is 2.03 bits per heavy atom. The van der Waals surface area contributed by atoms with E-state index in [9.17, 15) is 9.59 Å². The van der Waals surface area contributed by atoms with Crippen molar-refractivity contribution < 1.29 is 19.1 Å². The third-order valence-electron chi connectivity index (χ3n) is 4.76. The van der Waals surface area contributed by atoms with Crippen LogP contribution in [0, 0.1) is 0 Å². The van der Waals surface area contributed by atoms with E-state index in [2.05, 4.69) is 0 Å². The lowest BCUT2D eigenvalue weighted by Gasteiger charge is -2.11. The largest absolute Gasteiger partial charge is 0.489 e. The van der Waals surface area contributed by atoms with E-state index < -0.39 is 0 Å². The summed E-state index contributed by atoms with van der Waals surface area (Å²) in [5.74, 6) is 0.320. The van der Waals surface area contributed by atoms with Gasteiger partial charge in [0, 0.05) is 25.3 Å². The molecular weight excluding hydrogens is 390 g/mol. The first-order valence-corrected chi connectivity index (χ1v) is 9.86. The summed E-state index contributed by atoms with van der Waals surface area (Å²) in [6.45, 7) is 0.387. The second kappa shape index (κ2) is 10.3. The predicted octanol–water partition coefficient (Wildman–Crippen LogP) is 5.01. The molecule has 0 saturated carbocycles. The van der Waals surface area contributed by atoms with Gasteiger partial charge in [-0.3, -0.25) is 4.79 Å². The van der Waals surface area contributed by atoms with Crippen molar-refractivity contribution >= 4 is 23.5 Å². The Morgan fingerprint density at radius 1 is 0.839 bits per heavy atom. The topological polar surface area (TPSA) is 55.8 Å². The first kappa shape index (κ1) is 21.8. The molecule has 0 aliphatic heterocycles. The molecule has 0 fully saturated rings. The quantitative estimate of drug-likeness (QED) is 0.294. The number of hydrogen-bond donors (Lipinski definition) is 0. The van der Waals surface area contributed by atoms with Gasteiger partial charge in [0.05, 0.1) is 12.7 Å². The highest BCUT2D eigenvalue weighted by Crippen LogP contribution is 2.17. The minimum atomic E-state index is -0.361. The summed E-state index contributed by atoms with van der Waals surface area (Å²) >= 11 is 0. The number of ketones is 1. The molecule has 3 rings (SSSR count). The van der Waals surface area contributed by atoms with Crippen LogP contribution in [-0.2, 0) is 11.3 Å². The number of nitrogens with zero attached hydrogens (tertiary/aromatic N) is 1. The number of ether oxygens (including phenoxy) is 2. The Balaban J connectivity index is 1.54. The maximum atomic E-state index is 12.4. The van der Waals surface area contributed by atoms with Crippen LogP contribution in [0.25, 0.3) is 6.08 Å². The summed E-state index contributed by atoms with van der Waals surface area (Å²) in [7, 11) is 5.28. The molecule has 31 heavy (non-hydrogen) atoms. The number of anilines is 1. The van der Waals surface area contributed by atoms with Gasteiger partial charge < -0.3 is 14.4 Å². The van der Waals surface area contributed by atoms with E-state index in [0.717, 1.165) is 22.6 Å². The van der Waals surface area contributed by atoms with Crippen molar-refractivity contribution in [1.29, 1.82) is 0 Å². The van der Waals surface area contributed by atoms with Gasteiger partial charge in [-0.25, -0.2) is 4.79 Å². The van der Waals surface area contributed by atoms with E-state index >= 15 is 0 Å². The molecule has 0 bridgehead atoms. The molecule has 0 aromatic heterocycles. The Hall–Kier alpha value is -3.86. The molecule has 0 N–H and O–H groups in total. The van der Waals surface area contributed by atoms with E-state index in [1.54, 1.807) is 24.3 Å². The van der Waals surface area contributed by atoms with E-state index in [4.69, 9.17) is 9.47 Å². The van der Waals surface area contributed by atoms with Gasteiger partial charge in [-0.05, 0) is 65.7 Å². The number of hydrogen-bond acceptors (Lipinski definition) is 5. The molecule has 5 heteroatoms. The number of allylic oxidation sites excluding steroid dienone is 1. The average molecular weight is 415 g/mol. The van der Waals surface area contributed by atoms with Crippen molar-refractivity contribution in [2.45, 2.75) is 6.61 Å². The summed E-state index contributed by atoms with van der Waals surface area (Å²) in [5.41, 5.74) is 4.07. The van der Waals surface area contributed by atoms with Gasteiger partial charge in [0.15, 0.2) is 5.78 Å². The standard InChI is InChI=1S/C26H25NO4/c1-27(2)23-13-11-21(12-14-23)25(28)17-8-19-6-15-24(16-7-19)31-18-20-4-9-22(10-5-20)26(29)30-3/h4-17H,18H2,1-3H3/b17-8+. The zero-order valence-corrected chi connectivity index (χ0v) is 17.9. The molecule has 0 unspecified atom stereocenters. The fourth-order valence-electron chi connectivity index (χ4n) is 2.89. The van der Waals surface area contributed by atoms with Crippen LogP contribution in [0.2, 0.25) is 0 Å². The second-order valence-electron chi connectivity index (χ2n) is 7.19. The average Bonchev–Trinajstić information content (AvgIpc) is 2.81. The Kier molecular flexibility index (Phi) is 7.22. The summed E-state index contributed by atoms with van der Waals surface area (Å²) in [6.07, 6.45) is 3.36. The monoisotopic (exact) mass is 415 g/mol. The predicted molar refractivity (Wildman–Crippen MR) is 123 cm³/mol. The van der Waals surface area contributed by atoms with Gasteiger partial charge in [0.1, 0.15) is 12.4 Å². The Labute approximate surface area is 182 Å². The number of carbonyl (C=O) groups is 2. The van der Waals surface area contributed by atoms with Crippen LogP contribution in [0.5, 0.6) is 5.75 Å². The minimum absolute atomic E-state index is 0.0407. The number of carbonyl (C=O) groups excluding carboxylic acids is 2. The zero-order chi connectivity index (χ0) is 22.2. The van der Waals surface area contributed by atoms with Crippen LogP contribution in [0.1, 0.15) is 31.8 Å². The lowest BCUT2D eigenvalue weighted by molar-refractivity contribution is 0.0600. The number of methoxy groups -OCH3 is 1. The molecule has 158 valence electrons. The summed E-state index contributed by atoms with van der Waals surface area (Å²) < 4.78 is 10.5. The minimum Gasteiger partial charge on any atom is -0.489 e. The van der Waals surface area contributed by atoms with Gasteiger partial charge in [-0.1, -0.05) is 30.3 Å².